The van der Waals surface area contributed by atoms with E-state index in [1.54, 1.807) is 6.92 Å². The summed E-state index contributed by atoms with van der Waals surface area (Å²) in [5, 5.41) is 8.96. The molecule has 98 valence electrons. The third kappa shape index (κ3) is 2.89. The van der Waals surface area contributed by atoms with Gasteiger partial charge >= 0.3 is 5.97 Å². The van der Waals surface area contributed by atoms with E-state index in [4.69, 9.17) is 5.11 Å². The van der Waals surface area contributed by atoms with Crippen LogP contribution in [0.3, 0.4) is 0 Å². The first-order valence-electron chi connectivity index (χ1n) is 6.72. The summed E-state index contributed by atoms with van der Waals surface area (Å²) in [6.45, 7) is 1.73. The molecule has 0 bridgehead atoms. The smallest absolute Gasteiger partial charge is 0.310 e. The molecule has 18 heavy (non-hydrogen) atoms. The number of carbonyl (C=O) groups is 2. The van der Waals surface area contributed by atoms with Gasteiger partial charge < -0.3 is 5.11 Å². The minimum absolute atomic E-state index is 0.225. The van der Waals surface area contributed by atoms with Crippen molar-refractivity contribution in [2.24, 2.45) is 11.8 Å². The number of Topliss-reactive ketones (excluding diaryl/α,β-unsaturated/α-hetero) is 1. The summed E-state index contributed by atoms with van der Waals surface area (Å²) in [5.41, 5.74) is 2.29. The van der Waals surface area contributed by atoms with Crippen molar-refractivity contribution in [3.8, 4) is 0 Å². The van der Waals surface area contributed by atoms with Crippen LogP contribution < -0.4 is 0 Å². The molecule has 2 aliphatic rings. The maximum absolute atomic E-state index is 11.6. The highest BCUT2D eigenvalue weighted by atomic mass is 16.4. The van der Waals surface area contributed by atoms with Gasteiger partial charge in [-0.25, -0.2) is 0 Å². The maximum Gasteiger partial charge on any atom is 0.310 e. The van der Waals surface area contributed by atoms with E-state index < -0.39 is 11.9 Å². The predicted molar refractivity (Wildman–Crippen MR) is 69.2 cm³/mol. The number of hydrogen-bond acceptors (Lipinski definition) is 2. The van der Waals surface area contributed by atoms with Crippen LogP contribution in [-0.2, 0) is 9.59 Å². The molecule has 1 N–H and O–H groups in total. The number of rotatable bonds is 4. The molecular formula is C15H20O3. The molecule has 2 rings (SSSR count). The van der Waals surface area contributed by atoms with Gasteiger partial charge in [0.25, 0.3) is 0 Å². The fraction of sp³-hybridized carbons (Fsp3) is 0.600. The van der Waals surface area contributed by atoms with Crippen LogP contribution in [0.25, 0.3) is 0 Å². The topological polar surface area (TPSA) is 54.4 Å². The summed E-state index contributed by atoms with van der Waals surface area (Å²) in [6.07, 6.45) is 9.39. The summed E-state index contributed by atoms with van der Waals surface area (Å²) < 4.78 is 0. The van der Waals surface area contributed by atoms with Crippen molar-refractivity contribution in [3.63, 3.8) is 0 Å². The molecule has 0 spiro atoms. The highest BCUT2D eigenvalue weighted by Gasteiger charge is 2.26. The number of carboxylic acids is 1. The molecule has 1 saturated carbocycles. The largest absolute Gasteiger partial charge is 0.481 e. The molecule has 0 aliphatic heterocycles. The van der Waals surface area contributed by atoms with Gasteiger partial charge in [0.2, 0.25) is 0 Å². The van der Waals surface area contributed by atoms with E-state index in [9.17, 15) is 9.59 Å². The maximum atomic E-state index is 11.6. The van der Waals surface area contributed by atoms with Crippen LogP contribution in [0.5, 0.6) is 0 Å². The van der Waals surface area contributed by atoms with E-state index in [0.717, 1.165) is 44.1 Å². The Kier molecular flexibility index (Phi) is 4.00. The van der Waals surface area contributed by atoms with E-state index >= 15 is 0 Å². The van der Waals surface area contributed by atoms with Gasteiger partial charge in [0.1, 0.15) is 5.78 Å². The number of allylic oxidation sites excluding steroid dienone is 3. The second kappa shape index (κ2) is 5.51. The normalized spacial score (nSPS) is 25.6. The molecule has 0 radical (unpaired) electrons. The molecule has 0 aromatic heterocycles. The second-order valence-electron chi connectivity index (χ2n) is 5.39. The van der Waals surface area contributed by atoms with Gasteiger partial charge in [0, 0.05) is 12.3 Å². The molecule has 0 amide bonds. The standard InChI is InChI=1S/C15H20O3/c1-10(15(17)18)12-7-5-11(6-8-12)9-13-3-2-4-14(13)16/h5,7,10,13H,2-4,6,8-9H2,1H3,(H,17,18). The first-order chi connectivity index (χ1) is 8.58. The Hall–Kier alpha value is -1.38. The zero-order valence-corrected chi connectivity index (χ0v) is 10.8. The fourth-order valence-electron chi connectivity index (χ4n) is 2.81. The van der Waals surface area contributed by atoms with E-state index in [1.165, 1.54) is 5.57 Å². The summed E-state index contributed by atoms with van der Waals surface area (Å²) >= 11 is 0. The lowest BCUT2D eigenvalue weighted by Gasteiger charge is -2.19. The van der Waals surface area contributed by atoms with Crippen LogP contribution >= 0.6 is 0 Å². The molecular weight excluding hydrogens is 228 g/mol. The molecule has 0 aromatic rings. The lowest BCUT2D eigenvalue weighted by molar-refractivity contribution is -0.139. The van der Waals surface area contributed by atoms with Crippen molar-refractivity contribution < 1.29 is 14.7 Å². The monoisotopic (exact) mass is 248 g/mol. The Bertz CT molecular complexity index is 417. The predicted octanol–water partition coefficient (Wildman–Crippen LogP) is 3.11. The Morgan fingerprint density at radius 2 is 2.17 bits per heavy atom. The van der Waals surface area contributed by atoms with Crippen LogP contribution in [0.2, 0.25) is 0 Å². The molecule has 0 saturated heterocycles. The zero-order valence-electron chi connectivity index (χ0n) is 10.8. The van der Waals surface area contributed by atoms with Gasteiger partial charge in [-0.05, 0) is 39.0 Å². The molecule has 3 nitrogen and oxygen atoms in total. The summed E-state index contributed by atoms with van der Waals surface area (Å²) in [5.74, 6) is -0.521. The van der Waals surface area contributed by atoms with Gasteiger partial charge in [-0.2, -0.15) is 0 Å². The minimum Gasteiger partial charge on any atom is -0.481 e. The Morgan fingerprint density at radius 3 is 2.67 bits per heavy atom. The average Bonchev–Trinajstić information content (AvgIpc) is 2.75. The van der Waals surface area contributed by atoms with Crippen LogP contribution in [0.4, 0.5) is 0 Å². The minimum atomic E-state index is -0.760. The van der Waals surface area contributed by atoms with Crippen LogP contribution in [0.15, 0.2) is 23.3 Å². The fourth-order valence-corrected chi connectivity index (χ4v) is 2.81. The number of ketones is 1. The number of aliphatic carboxylic acids is 1. The van der Waals surface area contributed by atoms with Crippen molar-refractivity contribution >= 4 is 11.8 Å². The highest BCUT2D eigenvalue weighted by Crippen LogP contribution is 2.32. The van der Waals surface area contributed by atoms with Crippen molar-refractivity contribution in [2.45, 2.75) is 45.4 Å². The third-order valence-electron chi connectivity index (χ3n) is 4.13. The summed E-state index contributed by atoms with van der Waals surface area (Å²) in [7, 11) is 0. The number of carboxylic acid groups (broad SMARTS) is 1. The molecule has 0 heterocycles. The molecule has 0 aromatic carbocycles. The van der Waals surface area contributed by atoms with E-state index in [-0.39, 0.29) is 5.92 Å². The van der Waals surface area contributed by atoms with Gasteiger partial charge in [-0.3, -0.25) is 9.59 Å². The summed E-state index contributed by atoms with van der Waals surface area (Å²) in [6, 6.07) is 0. The molecule has 2 unspecified atom stereocenters. The lowest BCUT2D eigenvalue weighted by Crippen LogP contribution is -2.14. The third-order valence-corrected chi connectivity index (χ3v) is 4.13. The van der Waals surface area contributed by atoms with Gasteiger partial charge in [-0.1, -0.05) is 23.3 Å². The van der Waals surface area contributed by atoms with Crippen LogP contribution in [0.1, 0.15) is 45.4 Å². The van der Waals surface area contributed by atoms with Crippen molar-refractivity contribution in [1.29, 1.82) is 0 Å². The highest BCUT2D eigenvalue weighted by molar-refractivity contribution is 5.83. The van der Waals surface area contributed by atoms with Gasteiger partial charge in [-0.15, -0.1) is 0 Å². The van der Waals surface area contributed by atoms with Crippen LogP contribution in [0, 0.1) is 11.8 Å². The first-order valence-corrected chi connectivity index (χ1v) is 6.72. The first kappa shape index (κ1) is 13.1. The Morgan fingerprint density at radius 1 is 1.39 bits per heavy atom. The van der Waals surface area contributed by atoms with Crippen LogP contribution in [-0.4, -0.2) is 16.9 Å². The molecule has 2 aliphatic carbocycles. The number of hydrogen-bond donors (Lipinski definition) is 1. The van der Waals surface area contributed by atoms with Crippen molar-refractivity contribution in [3.05, 3.63) is 23.3 Å². The molecule has 3 heteroatoms. The quantitative estimate of drug-likeness (QED) is 0.831. The van der Waals surface area contributed by atoms with E-state index in [1.807, 2.05) is 12.2 Å². The average molecular weight is 248 g/mol. The Balaban J connectivity index is 1.97. The van der Waals surface area contributed by atoms with Crippen molar-refractivity contribution in [1.82, 2.24) is 0 Å². The van der Waals surface area contributed by atoms with E-state index in [2.05, 4.69) is 0 Å². The molecule has 1 fully saturated rings. The SMILES string of the molecule is CC(C(=O)O)C1=CC=C(CC2CCCC2=O)CC1. The summed E-state index contributed by atoms with van der Waals surface area (Å²) in [4.78, 5) is 22.5. The zero-order chi connectivity index (χ0) is 13.1. The molecule has 2 atom stereocenters. The van der Waals surface area contributed by atoms with Gasteiger partial charge in [0.15, 0.2) is 0 Å². The lowest BCUT2D eigenvalue weighted by atomic mass is 9.86. The van der Waals surface area contributed by atoms with E-state index in [0.29, 0.717) is 5.78 Å². The number of carbonyl (C=O) groups excluding carboxylic acids is 1. The van der Waals surface area contributed by atoms with Crippen molar-refractivity contribution in [2.75, 3.05) is 0 Å². The Labute approximate surface area is 108 Å². The van der Waals surface area contributed by atoms with Gasteiger partial charge in [0.05, 0.1) is 5.92 Å². The second-order valence-corrected chi connectivity index (χ2v) is 5.39.